The average molecular weight is 353 g/mol. The van der Waals surface area contributed by atoms with Crippen LogP contribution in [0.5, 0.6) is 0 Å². The van der Waals surface area contributed by atoms with Crippen molar-refractivity contribution in [1.29, 1.82) is 0 Å². The monoisotopic (exact) mass is 353 g/mol. The number of amides is 1. The number of furan rings is 1. The van der Waals surface area contributed by atoms with E-state index in [1.54, 1.807) is 6.26 Å². The van der Waals surface area contributed by atoms with E-state index in [9.17, 15) is 4.79 Å². The number of carbonyl (C=O) groups is 1. The van der Waals surface area contributed by atoms with Crippen molar-refractivity contribution in [3.63, 3.8) is 0 Å². The number of hydrogen-bond donors (Lipinski definition) is 2. The van der Waals surface area contributed by atoms with E-state index in [1.165, 1.54) is 5.56 Å². The summed E-state index contributed by atoms with van der Waals surface area (Å²) in [7, 11) is 0. The summed E-state index contributed by atoms with van der Waals surface area (Å²) in [5.41, 5.74) is 4.67. The van der Waals surface area contributed by atoms with Crippen LogP contribution in [0.25, 0.3) is 5.69 Å². The van der Waals surface area contributed by atoms with Gasteiger partial charge in [-0.15, -0.1) is 0 Å². The Kier molecular flexibility index (Phi) is 5.23. The summed E-state index contributed by atoms with van der Waals surface area (Å²) >= 11 is 0. The largest absolute Gasteiger partial charge is 0.463 e. The summed E-state index contributed by atoms with van der Waals surface area (Å²) in [4.78, 5) is 12.4. The van der Waals surface area contributed by atoms with E-state index in [-0.39, 0.29) is 11.9 Å². The number of carbonyl (C=O) groups excluding carboxylic acids is 1. The van der Waals surface area contributed by atoms with Crippen LogP contribution in [0.2, 0.25) is 0 Å². The van der Waals surface area contributed by atoms with Crippen LogP contribution in [0.15, 0.2) is 47.1 Å². The van der Waals surface area contributed by atoms with Crippen molar-refractivity contribution in [2.24, 2.45) is 0 Å². The van der Waals surface area contributed by atoms with Gasteiger partial charge in [0, 0.05) is 0 Å². The number of aromatic nitrogens is 2. The number of rotatable bonds is 6. The minimum absolute atomic E-state index is 0.0573. The molecule has 0 fully saturated rings. The fraction of sp³-hybridized carbons (Fsp3) is 0.300. The third-order valence-electron chi connectivity index (χ3n) is 4.48. The van der Waals surface area contributed by atoms with Gasteiger partial charge in [0.25, 0.3) is 5.91 Å². The standard InChI is InChI=1S/C20H24N4O2/c1-13-7-9-17(10-8-13)24-16(4)20(15(3)23-24)22-19(25)12-21-14(2)18-6-5-11-26-18/h5-11,14,21H,12H2,1-4H3,(H,22,25)/p+1/t14-/m0/s1. The smallest absolute Gasteiger partial charge is 0.279 e. The minimum Gasteiger partial charge on any atom is -0.463 e. The highest BCUT2D eigenvalue weighted by molar-refractivity contribution is 5.92. The van der Waals surface area contributed by atoms with Crippen molar-refractivity contribution in [3.8, 4) is 5.69 Å². The van der Waals surface area contributed by atoms with Crippen molar-refractivity contribution in [3.05, 3.63) is 65.4 Å². The summed E-state index contributed by atoms with van der Waals surface area (Å²) in [6.45, 7) is 8.25. The van der Waals surface area contributed by atoms with Crippen LogP contribution in [0, 0.1) is 20.8 Å². The molecule has 26 heavy (non-hydrogen) atoms. The van der Waals surface area contributed by atoms with Gasteiger partial charge >= 0.3 is 0 Å². The van der Waals surface area contributed by atoms with Crippen LogP contribution in [-0.4, -0.2) is 22.2 Å². The van der Waals surface area contributed by atoms with Gasteiger partial charge in [0.05, 0.1) is 29.0 Å². The molecule has 1 atom stereocenters. The Morgan fingerprint density at radius 1 is 1.23 bits per heavy atom. The fourth-order valence-corrected chi connectivity index (χ4v) is 2.90. The summed E-state index contributed by atoms with van der Waals surface area (Å²) in [5, 5.41) is 9.52. The number of aryl methyl sites for hydroxylation is 2. The zero-order valence-electron chi connectivity index (χ0n) is 15.6. The zero-order valence-corrected chi connectivity index (χ0v) is 15.6. The number of nitrogens with two attached hydrogens (primary N) is 1. The van der Waals surface area contributed by atoms with Crippen LogP contribution < -0.4 is 10.6 Å². The predicted octanol–water partition coefficient (Wildman–Crippen LogP) is 2.65. The van der Waals surface area contributed by atoms with E-state index in [0.717, 1.165) is 28.5 Å². The number of benzene rings is 1. The molecule has 0 aliphatic carbocycles. The lowest BCUT2D eigenvalue weighted by Crippen LogP contribution is -2.86. The minimum atomic E-state index is -0.0573. The molecular weight excluding hydrogens is 328 g/mol. The van der Waals surface area contributed by atoms with E-state index in [1.807, 2.05) is 55.0 Å². The number of hydrogen-bond acceptors (Lipinski definition) is 3. The number of quaternary nitrogens is 1. The van der Waals surface area contributed by atoms with Gasteiger partial charge in [-0.1, -0.05) is 17.7 Å². The molecule has 1 amide bonds. The van der Waals surface area contributed by atoms with E-state index in [2.05, 4.69) is 29.5 Å². The maximum absolute atomic E-state index is 12.4. The lowest BCUT2D eigenvalue weighted by atomic mass is 10.2. The maximum Gasteiger partial charge on any atom is 0.279 e. The first kappa shape index (κ1) is 17.9. The molecule has 0 saturated carbocycles. The van der Waals surface area contributed by atoms with Crippen molar-refractivity contribution < 1.29 is 14.5 Å². The quantitative estimate of drug-likeness (QED) is 0.715. The van der Waals surface area contributed by atoms with E-state index in [4.69, 9.17) is 4.42 Å². The van der Waals surface area contributed by atoms with Gasteiger partial charge in [-0.3, -0.25) is 4.79 Å². The van der Waals surface area contributed by atoms with Gasteiger partial charge in [0.2, 0.25) is 0 Å². The lowest BCUT2D eigenvalue weighted by molar-refractivity contribution is -0.684. The second-order valence-electron chi connectivity index (χ2n) is 6.59. The first-order valence-corrected chi connectivity index (χ1v) is 8.75. The van der Waals surface area contributed by atoms with Gasteiger partial charge in [0.1, 0.15) is 6.04 Å². The second kappa shape index (κ2) is 7.58. The molecule has 3 aromatic rings. The van der Waals surface area contributed by atoms with Gasteiger partial charge in [-0.05, 0) is 52.0 Å². The zero-order chi connectivity index (χ0) is 18.7. The van der Waals surface area contributed by atoms with Crippen molar-refractivity contribution in [2.45, 2.75) is 33.7 Å². The molecule has 0 aliphatic heterocycles. The Hall–Kier alpha value is -2.86. The molecule has 0 unspecified atom stereocenters. The summed E-state index contributed by atoms with van der Waals surface area (Å²) in [6, 6.07) is 12.0. The third kappa shape index (κ3) is 3.86. The molecule has 2 aromatic heterocycles. The molecule has 0 bridgehead atoms. The van der Waals surface area contributed by atoms with Crippen molar-refractivity contribution >= 4 is 11.6 Å². The van der Waals surface area contributed by atoms with Crippen LogP contribution >= 0.6 is 0 Å². The Balaban J connectivity index is 1.68. The van der Waals surface area contributed by atoms with Gasteiger partial charge < -0.3 is 15.1 Å². The van der Waals surface area contributed by atoms with Gasteiger partial charge in [-0.25, -0.2) is 4.68 Å². The molecule has 136 valence electrons. The topological polar surface area (TPSA) is 76.7 Å². The number of nitrogens with zero attached hydrogens (tertiary/aromatic N) is 2. The number of nitrogens with one attached hydrogen (secondary N) is 1. The van der Waals surface area contributed by atoms with Crippen LogP contribution in [0.1, 0.15) is 35.7 Å². The fourth-order valence-electron chi connectivity index (χ4n) is 2.90. The van der Waals surface area contributed by atoms with Gasteiger partial charge in [-0.2, -0.15) is 5.10 Å². The predicted molar refractivity (Wildman–Crippen MR) is 100 cm³/mol. The summed E-state index contributed by atoms with van der Waals surface area (Å²) in [5.74, 6) is 0.801. The Labute approximate surface area is 153 Å². The third-order valence-corrected chi connectivity index (χ3v) is 4.48. The summed E-state index contributed by atoms with van der Waals surface area (Å²) < 4.78 is 7.23. The van der Waals surface area contributed by atoms with E-state index >= 15 is 0 Å². The van der Waals surface area contributed by atoms with Crippen molar-refractivity contribution in [2.75, 3.05) is 11.9 Å². The summed E-state index contributed by atoms with van der Waals surface area (Å²) in [6.07, 6.45) is 1.64. The molecule has 1 aromatic carbocycles. The molecule has 3 N–H and O–H groups in total. The Bertz CT molecular complexity index is 879. The molecule has 6 nitrogen and oxygen atoms in total. The van der Waals surface area contributed by atoms with Crippen molar-refractivity contribution in [1.82, 2.24) is 9.78 Å². The molecule has 6 heteroatoms. The highest BCUT2D eigenvalue weighted by atomic mass is 16.3. The number of anilines is 1. The maximum atomic E-state index is 12.4. The molecular formula is C20H25N4O2+. The van der Waals surface area contributed by atoms with Crippen LogP contribution in [0.4, 0.5) is 5.69 Å². The lowest BCUT2D eigenvalue weighted by Gasteiger charge is -2.09. The Morgan fingerprint density at radius 2 is 1.96 bits per heavy atom. The first-order chi connectivity index (χ1) is 12.5. The highest BCUT2D eigenvalue weighted by Crippen LogP contribution is 2.22. The Morgan fingerprint density at radius 3 is 2.62 bits per heavy atom. The van der Waals surface area contributed by atoms with Crippen LogP contribution in [-0.2, 0) is 4.79 Å². The molecule has 2 heterocycles. The second-order valence-corrected chi connectivity index (χ2v) is 6.59. The molecule has 0 aliphatic rings. The molecule has 3 rings (SSSR count). The molecule has 0 spiro atoms. The first-order valence-electron chi connectivity index (χ1n) is 8.75. The van der Waals surface area contributed by atoms with Crippen LogP contribution in [0.3, 0.4) is 0 Å². The normalized spacial score (nSPS) is 12.2. The average Bonchev–Trinajstić information content (AvgIpc) is 3.25. The van der Waals surface area contributed by atoms with E-state index < -0.39 is 0 Å². The van der Waals surface area contributed by atoms with E-state index in [0.29, 0.717) is 6.54 Å². The van der Waals surface area contributed by atoms with Gasteiger partial charge in [0.15, 0.2) is 12.3 Å². The highest BCUT2D eigenvalue weighted by Gasteiger charge is 2.18. The SMILES string of the molecule is Cc1ccc(-n2nc(C)c(NC(=O)C[NH2+][C@@H](C)c3ccco3)c2C)cc1. The molecule has 0 radical (unpaired) electrons. The molecule has 0 saturated heterocycles.